The quantitative estimate of drug-likeness (QED) is 0.845. The maximum atomic E-state index is 5.84. The number of anilines is 2. The molecule has 4 nitrogen and oxygen atoms in total. The van der Waals surface area contributed by atoms with Gasteiger partial charge in [-0.25, -0.2) is 9.97 Å². The number of nitrogens with two attached hydrogens (primary N) is 1. The minimum absolute atomic E-state index is 0.601. The van der Waals surface area contributed by atoms with Crippen molar-refractivity contribution in [2.24, 2.45) is 11.8 Å². The topological polar surface area (TPSA) is 55.0 Å². The molecule has 0 amide bonds. The lowest BCUT2D eigenvalue weighted by Crippen LogP contribution is -2.22. The van der Waals surface area contributed by atoms with Crippen molar-refractivity contribution in [3.63, 3.8) is 0 Å². The maximum absolute atomic E-state index is 5.84. The van der Waals surface area contributed by atoms with Crippen LogP contribution in [0.3, 0.4) is 0 Å². The third kappa shape index (κ3) is 1.96. The lowest BCUT2D eigenvalue weighted by atomic mass is 10.0. The minimum Gasteiger partial charge on any atom is -0.384 e. The summed E-state index contributed by atoms with van der Waals surface area (Å²) in [6.07, 6.45) is 5.04. The zero-order valence-corrected chi connectivity index (χ0v) is 10.4. The van der Waals surface area contributed by atoms with E-state index in [4.69, 9.17) is 5.73 Å². The molecule has 1 aliphatic heterocycles. The molecule has 3 rings (SSSR count). The molecule has 2 heterocycles. The summed E-state index contributed by atoms with van der Waals surface area (Å²) < 4.78 is 0. The van der Waals surface area contributed by atoms with Crippen molar-refractivity contribution < 1.29 is 0 Å². The van der Waals surface area contributed by atoms with E-state index in [2.05, 4.69) is 21.8 Å². The summed E-state index contributed by atoms with van der Waals surface area (Å²) in [6, 6.07) is 1.92. The van der Waals surface area contributed by atoms with E-state index < -0.39 is 0 Å². The van der Waals surface area contributed by atoms with Crippen molar-refractivity contribution in [2.45, 2.75) is 32.6 Å². The Morgan fingerprint density at radius 1 is 1.29 bits per heavy atom. The van der Waals surface area contributed by atoms with Gasteiger partial charge in [-0.05, 0) is 24.7 Å². The molecule has 0 spiro atoms. The molecular weight excluding hydrogens is 212 g/mol. The zero-order valence-electron chi connectivity index (χ0n) is 10.4. The highest BCUT2D eigenvalue weighted by Crippen LogP contribution is 2.39. The van der Waals surface area contributed by atoms with E-state index in [1.807, 2.05) is 6.07 Å². The first-order valence-corrected chi connectivity index (χ1v) is 6.64. The first-order chi connectivity index (χ1) is 8.26. The minimum atomic E-state index is 0.601. The average molecular weight is 232 g/mol. The number of rotatable bonds is 2. The van der Waals surface area contributed by atoms with Crippen molar-refractivity contribution in [1.82, 2.24) is 9.97 Å². The lowest BCUT2D eigenvalue weighted by molar-refractivity contribution is 0.494. The smallest absolute Gasteiger partial charge is 0.134 e. The number of nitrogen functional groups attached to an aromatic ring is 1. The molecule has 2 atom stereocenters. The van der Waals surface area contributed by atoms with Crippen LogP contribution in [0.2, 0.25) is 0 Å². The summed E-state index contributed by atoms with van der Waals surface area (Å²) in [5.41, 5.74) is 5.84. The Bertz CT molecular complexity index is 406. The normalized spacial score (nSPS) is 27.5. The largest absolute Gasteiger partial charge is 0.384 e. The SMILES string of the molecule is CCc1nc(N)cc(N2CC3CCCC3C2)n1. The van der Waals surface area contributed by atoms with Gasteiger partial charge in [-0.3, -0.25) is 0 Å². The van der Waals surface area contributed by atoms with Crippen LogP contribution in [0.15, 0.2) is 6.07 Å². The molecule has 1 saturated carbocycles. The van der Waals surface area contributed by atoms with Crippen LogP contribution in [0.4, 0.5) is 11.6 Å². The van der Waals surface area contributed by atoms with Crippen LogP contribution < -0.4 is 10.6 Å². The van der Waals surface area contributed by atoms with E-state index in [0.29, 0.717) is 5.82 Å². The molecule has 17 heavy (non-hydrogen) atoms. The molecule has 0 aromatic carbocycles. The van der Waals surface area contributed by atoms with Crippen molar-refractivity contribution in [3.8, 4) is 0 Å². The van der Waals surface area contributed by atoms with Gasteiger partial charge in [0, 0.05) is 25.6 Å². The van der Waals surface area contributed by atoms with Gasteiger partial charge in [0.1, 0.15) is 17.5 Å². The summed E-state index contributed by atoms with van der Waals surface area (Å²) >= 11 is 0. The molecule has 2 fully saturated rings. The van der Waals surface area contributed by atoms with Crippen LogP contribution in [-0.2, 0) is 6.42 Å². The van der Waals surface area contributed by atoms with Crippen molar-refractivity contribution >= 4 is 11.6 Å². The molecule has 1 aromatic rings. The van der Waals surface area contributed by atoms with Crippen LogP contribution in [0, 0.1) is 11.8 Å². The molecule has 0 radical (unpaired) electrons. The molecule has 2 N–H and O–H groups in total. The molecule has 1 saturated heterocycles. The van der Waals surface area contributed by atoms with E-state index in [9.17, 15) is 0 Å². The van der Waals surface area contributed by atoms with Crippen LogP contribution in [0.25, 0.3) is 0 Å². The Morgan fingerprint density at radius 3 is 2.65 bits per heavy atom. The number of hydrogen-bond acceptors (Lipinski definition) is 4. The second-order valence-electron chi connectivity index (χ2n) is 5.28. The average Bonchev–Trinajstić information content (AvgIpc) is 2.88. The number of hydrogen-bond donors (Lipinski definition) is 1. The number of aryl methyl sites for hydroxylation is 1. The fourth-order valence-corrected chi connectivity index (χ4v) is 3.25. The molecule has 2 aliphatic rings. The number of aromatic nitrogens is 2. The first-order valence-electron chi connectivity index (χ1n) is 6.64. The van der Waals surface area contributed by atoms with Gasteiger partial charge in [-0.2, -0.15) is 0 Å². The standard InChI is InChI=1S/C13H20N4/c1-2-12-15-11(14)6-13(16-12)17-7-9-4-3-5-10(9)8-17/h6,9-10H,2-5,7-8H2,1H3,(H2,14,15,16). The Kier molecular flexibility index (Phi) is 2.65. The molecule has 4 heteroatoms. The van der Waals surface area contributed by atoms with Crippen molar-refractivity contribution in [2.75, 3.05) is 23.7 Å². The molecule has 1 aromatic heterocycles. The van der Waals surface area contributed by atoms with E-state index >= 15 is 0 Å². The summed E-state index contributed by atoms with van der Waals surface area (Å²) in [5, 5.41) is 0. The van der Waals surface area contributed by atoms with Crippen molar-refractivity contribution in [3.05, 3.63) is 11.9 Å². The highest BCUT2D eigenvalue weighted by Gasteiger charge is 2.36. The van der Waals surface area contributed by atoms with Gasteiger partial charge >= 0.3 is 0 Å². The van der Waals surface area contributed by atoms with Crippen LogP contribution in [0.1, 0.15) is 32.0 Å². The summed E-state index contributed by atoms with van der Waals surface area (Å²) in [5.74, 6) is 4.26. The monoisotopic (exact) mass is 232 g/mol. The summed E-state index contributed by atoms with van der Waals surface area (Å²) in [6.45, 7) is 4.38. The maximum Gasteiger partial charge on any atom is 0.134 e. The summed E-state index contributed by atoms with van der Waals surface area (Å²) in [4.78, 5) is 11.2. The molecule has 92 valence electrons. The molecule has 1 aliphatic carbocycles. The van der Waals surface area contributed by atoms with Gasteiger partial charge < -0.3 is 10.6 Å². The lowest BCUT2D eigenvalue weighted by Gasteiger charge is -2.19. The van der Waals surface area contributed by atoms with E-state index in [1.165, 1.54) is 19.3 Å². The zero-order chi connectivity index (χ0) is 11.8. The second kappa shape index (κ2) is 4.17. The first kappa shape index (κ1) is 10.8. The highest BCUT2D eigenvalue weighted by atomic mass is 15.2. The molecular formula is C13H20N4. The second-order valence-corrected chi connectivity index (χ2v) is 5.28. The predicted octanol–water partition coefficient (Wildman–Crippen LogP) is 1.86. The van der Waals surface area contributed by atoms with Crippen LogP contribution in [-0.4, -0.2) is 23.1 Å². The van der Waals surface area contributed by atoms with Gasteiger partial charge in [-0.15, -0.1) is 0 Å². The fraction of sp³-hybridized carbons (Fsp3) is 0.692. The van der Waals surface area contributed by atoms with Crippen molar-refractivity contribution in [1.29, 1.82) is 0 Å². The highest BCUT2D eigenvalue weighted by molar-refractivity contribution is 5.48. The number of fused-ring (bicyclic) bond motifs is 1. The Hall–Kier alpha value is -1.32. The Labute approximate surface area is 102 Å². The van der Waals surface area contributed by atoms with Crippen LogP contribution >= 0.6 is 0 Å². The Morgan fingerprint density at radius 2 is 2.00 bits per heavy atom. The number of nitrogens with zero attached hydrogens (tertiary/aromatic N) is 3. The molecule has 0 bridgehead atoms. The third-order valence-corrected chi connectivity index (χ3v) is 4.15. The fourth-order valence-electron chi connectivity index (χ4n) is 3.25. The molecule has 2 unspecified atom stereocenters. The van der Waals surface area contributed by atoms with Gasteiger partial charge in [-0.1, -0.05) is 13.3 Å². The van der Waals surface area contributed by atoms with Gasteiger partial charge in [0.25, 0.3) is 0 Å². The summed E-state index contributed by atoms with van der Waals surface area (Å²) in [7, 11) is 0. The van der Waals surface area contributed by atoms with E-state index in [0.717, 1.165) is 43.0 Å². The van der Waals surface area contributed by atoms with Crippen LogP contribution in [0.5, 0.6) is 0 Å². The van der Waals surface area contributed by atoms with Gasteiger partial charge in [0.15, 0.2) is 0 Å². The van der Waals surface area contributed by atoms with E-state index in [-0.39, 0.29) is 0 Å². The van der Waals surface area contributed by atoms with Gasteiger partial charge in [0.05, 0.1) is 0 Å². The predicted molar refractivity (Wildman–Crippen MR) is 68.9 cm³/mol. The third-order valence-electron chi connectivity index (χ3n) is 4.15. The van der Waals surface area contributed by atoms with E-state index in [1.54, 1.807) is 0 Å². The Balaban J connectivity index is 1.82. The van der Waals surface area contributed by atoms with Gasteiger partial charge in [0.2, 0.25) is 0 Å².